The molecule has 0 unspecified atom stereocenters. The number of rotatable bonds is 7. The van der Waals surface area contributed by atoms with Gasteiger partial charge >= 0.3 is 0 Å². The van der Waals surface area contributed by atoms with E-state index in [1.165, 1.54) is 11.1 Å². The van der Waals surface area contributed by atoms with Crippen molar-refractivity contribution < 1.29 is 5.11 Å². The van der Waals surface area contributed by atoms with E-state index in [4.69, 9.17) is 5.11 Å². The molecule has 0 aromatic rings. The van der Waals surface area contributed by atoms with Crippen LogP contribution >= 0.6 is 0 Å². The molecule has 0 aliphatic rings. The Bertz CT molecular complexity index is 211. The molecule has 14 heavy (non-hydrogen) atoms. The quantitative estimate of drug-likeness (QED) is 0.614. The highest BCUT2D eigenvalue weighted by atomic mass is 16.2. The number of hydrogen-bond acceptors (Lipinski definition) is 1. The van der Waals surface area contributed by atoms with E-state index in [2.05, 4.69) is 26.5 Å². The van der Waals surface area contributed by atoms with E-state index in [9.17, 15) is 0 Å². The molecule has 0 radical (unpaired) electrons. The summed E-state index contributed by atoms with van der Waals surface area (Å²) in [5, 5.41) is 8.66. The lowest BCUT2D eigenvalue weighted by atomic mass is 10.1. The molecule has 0 spiro atoms. The molecule has 0 aromatic heterocycles. The largest absolute Gasteiger partial charge is 0.392 e. The van der Waals surface area contributed by atoms with Gasteiger partial charge < -0.3 is 5.11 Å². The fourth-order valence-electron chi connectivity index (χ4n) is 1.24. The SMILES string of the molecule is C=CCCC(C)=CCCC(C)=CCO. The Kier molecular flexibility index (Phi) is 8.25. The van der Waals surface area contributed by atoms with Crippen molar-refractivity contribution >= 4 is 0 Å². The standard InChI is InChI=1S/C13H22O/c1-4-5-7-12(2)8-6-9-13(3)10-11-14/h4,8,10,14H,1,5-7,9,11H2,2-3H3. The average Bonchev–Trinajstić information content (AvgIpc) is 2.15. The topological polar surface area (TPSA) is 20.2 Å². The molecular weight excluding hydrogens is 172 g/mol. The zero-order chi connectivity index (χ0) is 10.8. The van der Waals surface area contributed by atoms with E-state index < -0.39 is 0 Å². The summed E-state index contributed by atoms with van der Waals surface area (Å²) in [6, 6.07) is 0. The summed E-state index contributed by atoms with van der Waals surface area (Å²) in [4.78, 5) is 0. The van der Waals surface area contributed by atoms with Crippen LogP contribution in [0.4, 0.5) is 0 Å². The van der Waals surface area contributed by atoms with E-state index in [1.54, 1.807) is 0 Å². The Morgan fingerprint density at radius 2 is 1.64 bits per heavy atom. The molecule has 0 saturated carbocycles. The van der Waals surface area contributed by atoms with Crippen molar-refractivity contribution in [2.45, 2.75) is 39.5 Å². The first-order chi connectivity index (χ1) is 6.70. The molecule has 0 aliphatic carbocycles. The third-order valence-electron chi connectivity index (χ3n) is 2.21. The Morgan fingerprint density at radius 1 is 1.07 bits per heavy atom. The second-order valence-corrected chi connectivity index (χ2v) is 3.65. The van der Waals surface area contributed by atoms with Crippen molar-refractivity contribution in [1.82, 2.24) is 0 Å². The zero-order valence-electron chi connectivity index (χ0n) is 9.42. The summed E-state index contributed by atoms with van der Waals surface area (Å²) < 4.78 is 0. The first kappa shape index (κ1) is 13.2. The van der Waals surface area contributed by atoms with Crippen LogP contribution in [0.25, 0.3) is 0 Å². The summed E-state index contributed by atoms with van der Waals surface area (Å²) >= 11 is 0. The third-order valence-corrected chi connectivity index (χ3v) is 2.21. The van der Waals surface area contributed by atoms with Gasteiger partial charge in [0.1, 0.15) is 0 Å². The summed E-state index contributed by atoms with van der Waals surface area (Å²) in [6.07, 6.45) is 10.4. The predicted molar refractivity (Wildman–Crippen MR) is 63.3 cm³/mol. The lowest BCUT2D eigenvalue weighted by Crippen LogP contribution is -1.82. The van der Waals surface area contributed by atoms with Crippen LogP contribution < -0.4 is 0 Å². The van der Waals surface area contributed by atoms with Crippen LogP contribution in [0.5, 0.6) is 0 Å². The van der Waals surface area contributed by atoms with Gasteiger partial charge in [-0.2, -0.15) is 0 Å². The maximum absolute atomic E-state index is 8.66. The van der Waals surface area contributed by atoms with Gasteiger partial charge in [-0.05, 0) is 39.5 Å². The molecule has 0 heterocycles. The fraction of sp³-hybridized carbons (Fsp3) is 0.538. The molecule has 0 rings (SSSR count). The Morgan fingerprint density at radius 3 is 2.21 bits per heavy atom. The van der Waals surface area contributed by atoms with Crippen molar-refractivity contribution in [3.63, 3.8) is 0 Å². The molecule has 1 N–H and O–H groups in total. The maximum atomic E-state index is 8.66. The van der Waals surface area contributed by atoms with E-state index in [0.29, 0.717) is 0 Å². The van der Waals surface area contributed by atoms with Gasteiger partial charge in [0, 0.05) is 0 Å². The lowest BCUT2D eigenvalue weighted by molar-refractivity contribution is 0.341. The third kappa shape index (κ3) is 7.81. The highest BCUT2D eigenvalue weighted by Crippen LogP contribution is 2.09. The zero-order valence-corrected chi connectivity index (χ0v) is 9.42. The van der Waals surface area contributed by atoms with Gasteiger partial charge in [0.2, 0.25) is 0 Å². The van der Waals surface area contributed by atoms with Crippen molar-refractivity contribution in [3.05, 3.63) is 36.0 Å². The maximum Gasteiger partial charge on any atom is 0.0614 e. The molecule has 0 saturated heterocycles. The highest BCUT2D eigenvalue weighted by Gasteiger charge is 1.90. The Labute approximate surface area is 87.8 Å². The summed E-state index contributed by atoms with van der Waals surface area (Å²) in [7, 11) is 0. The first-order valence-corrected chi connectivity index (χ1v) is 5.23. The van der Waals surface area contributed by atoms with Crippen molar-refractivity contribution in [3.8, 4) is 0 Å². The summed E-state index contributed by atoms with van der Waals surface area (Å²) in [5.74, 6) is 0. The van der Waals surface area contributed by atoms with Crippen LogP contribution in [0.2, 0.25) is 0 Å². The number of aliphatic hydroxyl groups excluding tert-OH is 1. The molecule has 0 amide bonds. The Balaban J connectivity index is 3.69. The van der Waals surface area contributed by atoms with Crippen molar-refractivity contribution in [1.29, 1.82) is 0 Å². The normalized spacial score (nSPS) is 13.1. The van der Waals surface area contributed by atoms with Crippen LogP contribution in [0.15, 0.2) is 36.0 Å². The minimum Gasteiger partial charge on any atom is -0.392 e. The molecule has 0 aromatic carbocycles. The second kappa shape index (κ2) is 8.76. The lowest BCUT2D eigenvalue weighted by Gasteiger charge is -1.99. The minimum atomic E-state index is 0.158. The Hall–Kier alpha value is -0.820. The van der Waals surface area contributed by atoms with Crippen molar-refractivity contribution in [2.75, 3.05) is 6.61 Å². The summed E-state index contributed by atoms with van der Waals surface area (Å²) in [5.41, 5.74) is 2.70. The fourth-order valence-corrected chi connectivity index (χ4v) is 1.24. The molecule has 1 nitrogen and oxygen atoms in total. The molecule has 0 atom stereocenters. The van der Waals surface area contributed by atoms with Gasteiger partial charge in [0.25, 0.3) is 0 Å². The number of hydrogen-bond donors (Lipinski definition) is 1. The molecule has 1 heteroatoms. The van der Waals surface area contributed by atoms with E-state index in [1.807, 2.05) is 12.2 Å². The van der Waals surface area contributed by atoms with Crippen LogP contribution in [-0.2, 0) is 0 Å². The van der Waals surface area contributed by atoms with E-state index in [-0.39, 0.29) is 6.61 Å². The van der Waals surface area contributed by atoms with Gasteiger partial charge in [0.15, 0.2) is 0 Å². The van der Waals surface area contributed by atoms with Crippen LogP contribution in [0, 0.1) is 0 Å². The molecule has 0 aliphatic heterocycles. The van der Waals surface area contributed by atoms with Crippen molar-refractivity contribution in [2.24, 2.45) is 0 Å². The highest BCUT2D eigenvalue weighted by molar-refractivity contribution is 5.04. The van der Waals surface area contributed by atoms with Gasteiger partial charge in [-0.1, -0.05) is 29.4 Å². The first-order valence-electron chi connectivity index (χ1n) is 5.23. The molecular formula is C13H22O. The van der Waals surface area contributed by atoms with E-state index >= 15 is 0 Å². The monoisotopic (exact) mass is 194 g/mol. The van der Waals surface area contributed by atoms with Gasteiger partial charge in [0.05, 0.1) is 6.61 Å². The van der Waals surface area contributed by atoms with Crippen LogP contribution in [0.3, 0.4) is 0 Å². The molecule has 80 valence electrons. The average molecular weight is 194 g/mol. The van der Waals surface area contributed by atoms with E-state index in [0.717, 1.165) is 25.7 Å². The number of allylic oxidation sites excluding steroid dienone is 4. The molecule has 0 bridgehead atoms. The van der Waals surface area contributed by atoms with Gasteiger partial charge in [-0.25, -0.2) is 0 Å². The predicted octanol–water partition coefficient (Wildman–Crippen LogP) is 3.62. The smallest absolute Gasteiger partial charge is 0.0614 e. The van der Waals surface area contributed by atoms with Crippen LogP contribution in [-0.4, -0.2) is 11.7 Å². The minimum absolute atomic E-state index is 0.158. The summed E-state index contributed by atoms with van der Waals surface area (Å²) in [6.45, 7) is 8.08. The molecule has 0 fully saturated rings. The van der Waals surface area contributed by atoms with Crippen LogP contribution in [0.1, 0.15) is 39.5 Å². The van der Waals surface area contributed by atoms with Gasteiger partial charge in [-0.3, -0.25) is 0 Å². The second-order valence-electron chi connectivity index (χ2n) is 3.65. The number of aliphatic hydroxyl groups is 1. The van der Waals surface area contributed by atoms with Gasteiger partial charge in [-0.15, -0.1) is 6.58 Å².